The molecule has 0 saturated carbocycles. The maximum absolute atomic E-state index is 13.4. The molecule has 0 amide bonds. The summed E-state index contributed by atoms with van der Waals surface area (Å²) in [5.74, 6) is 1.51. The zero-order valence-corrected chi connectivity index (χ0v) is 15.8. The lowest BCUT2D eigenvalue weighted by molar-refractivity contribution is 0.596. The molecule has 1 unspecified atom stereocenters. The lowest BCUT2D eigenvalue weighted by atomic mass is 9.93. The number of nitrogens with one attached hydrogen (secondary N) is 1. The summed E-state index contributed by atoms with van der Waals surface area (Å²) in [5.41, 5.74) is 5.22. The third kappa shape index (κ3) is 2.70. The van der Waals surface area contributed by atoms with Crippen molar-refractivity contribution in [3.63, 3.8) is 0 Å². The molecule has 26 heavy (non-hydrogen) atoms. The summed E-state index contributed by atoms with van der Waals surface area (Å²) in [5, 5.41) is 4.18. The molecule has 0 fully saturated rings. The van der Waals surface area contributed by atoms with E-state index in [4.69, 9.17) is 4.98 Å². The van der Waals surface area contributed by atoms with E-state index in [1.807, 2.05) is 36.4 Å². The summed E-state index contributed by atoms with van der Waals surface area (Å²) in [6, 6.07) is 12.0. The molecule has 0 saturated heterocycles. The number of rotatable bonds is 2. The Morgan fingerprint density at radius 1 is 1.15 bits per heavy atom. The minimum Gasteiger partial charge on any atom is -0.384 e. The number of anilines is 1. The molecule has 2 heterocycles. The molecule has 4 nitrogen and oxygen atoms in total. The van der Waals surface area contributed by atoms with Crippen LogP contribution in [0.25, 0.3) is 16.6 Å². The lowest BCUT2D eigenvalue weighted by Crippen LogP contribution is -2.27. The molecule has 1 aliphatic heterocycles. The quantitative estimate of drug-likeness (QED) is 0.746. The van der Waals surface area contributed by atoms with E-state index in [9.17, 15) is 4.79 Å². The van der Waals surface area contributed by atoms with Crippen molar-refractivity contribution in [1.82, 2.24) is 9.55 Å². The van der Waals surface area contributed by atoms with Crippen molar-refractivity contribution in [2.45, 2.75) is 40.0 Å². The fraction of sp³-hybridized carbons (Fsp3) is 0.364. The maximum atomic E-state index is 13.4. The minimum atomic E-state index is 0.0172. The highest BCUT2D eigenvalue weighted by Gasteiger charge is 2.22. The first-order valence-electron chi connectivity index (χ1n) is 9.35. The van der Waals surface area contributed by atoms with Crippen molar-refractivity contribution in [2.75, 3.05) is 11.9 Å². The molecule has 3 aromatic rings. The van der Waals surface area contributed by atoms with E-state index in [-0.39, 0.29) is 11.5 Å². The van der Waals surface area contributed by atoms with Crippen LogP contribution < -0.4 is 10.9 Å². The molecule has 1 N–H and O–H groups in total. The average Bonchev–Trinajstić information content (AvgIpc) is 2.62. The van der Waals surface area contributed by atoms with Crippen LogP contribution in [0.3, 0.4) is 0 Å². The number of benzene rings is 2. The van der Waals surface area contributed by atoms with Gasteiger partial charge in [0.25, 0.3) is 5.56 Å². The molecule has 0 spiro atoms. The van der Waals surface area contributed by atoms with Crippen molar-refractivity contribution in [1.29, 1.82) is 0 Å². The van der Waals surface area contributed by atoms with Crippen LogP contribution in [0.5, 0.6) is 0 Å². The van der Waals surface area contributed by atoms with Gasteiger partial charge in [0.1, 0.15) is 5.82 Å². The number of aromatic nitrogens is 2. The summed E-state index contributed by atoms with van der Waals surface area (Å²) in [4.78, 5) is 18.4. The second kappa shape index (κ2) is 6.27. The van der Waals surface area contributed by atoms with Crippen LogP contribution in [0, 0.1) is 12.8 Å². The second-order valence-electron chi connectivity index (χ2n) is 7.78. The molecule has 1 aliphatic rings. The SMILES string of the molecule is Cc1ccc(-n2c(C(C)C)nc3c4c(ccc3c2=O)NCC(C)C4)cc1. The summed E-state index contributed by atoms with van der Waals surface area (Å²) in [6.07, 6.45) is 0.957. The molecule has 1 atom stereocenters. The summed E-state index contributed by atoms with van der Waals surface area (Å²) in [6.45, 7) is 9.43. The number of hydrogen-bond donors (Lipinski definition) is 1. The van der Waals surface area contributed by atoms with Gasteiger partial charge in [0, 0.05) is 23.7 Å². The number of hydrogen-bond acceptors (Lipinski definition) is 3. The highest BCUT2D eigenvalue weighted by molar-refractivity contribution is 5.87. The van der Waals surface area contributed by atoms with Gasteiger partial charge in [0.05, 0.1) is 16.6 Å². The highest BCUT2D eigenvalue weighted by atomic mass is 16.1. The third-order valence-electron chi connectivity index (χ3n) is 5.17. The Morgan fingerprint density at radius 3 is 2.58 bits per heavy atom. The number of nitrogens with zero attached hydrogens (tertiary/aromatic N) is 2. The number of aryl methyl sites for hydroxylation is 1. The third-order valence-corrected chi connectivity index (χ3v) is 5.17. The van der Waals surface area contributed by atoms with Gasteiger partial charge < -0.3 is 5.32 Å². The predicted octanol–water partition coefficient (Wildman–Crippen LogP) is 4.42. The van der Waals surface area contributed by atoms with E-state index in [0.717, 1.165) is 35.7 Å². The molecule has 2 aromatic carbocycles. The monoisotopic (exact) mass is 347 g/mol. The minimum absolute atomic E-state index is 0.0172. The first-order valence-corrected chi connectivity index (χ1v) is 9.35. The van der Waals surface area contributed by atoms with Crippen LogP contribution >= 0.6 is 0 Å². The van der Waals surface area contributed by atoms with Crippen LogP contribution in [-0.2, 0) is 6.42 Å². The summed E-state index contributed by atoms with van der Waals surface area (Å²) < 4.78 is 1.78. The van der Waals surface area contributed by atoms with Gasteiger partial charge in [-0.05, 0) is 43.5 Å². The van der Waals surface area contributed by atoms with E-state index < -0.39 is 0 Å². The standard InChI is InChI=1S/C22H25N3O/c1-13(2)21-24-20-17(9-10-19-18(20)11-15(4)12-23-19)22(26)25(21)16-7-5-14(3)6-8-16/h5-10,13,15,23H,11-12H2,1-4H3. The van der Waals surface area contributed by atoms with Gasteiger partial charge in [-0.1, -0.05) is 38.5 Å². The smallest absolute Gasteiger partial charge is 0.265 e. The van der Waals surface area contributed by atoms with Crippen molar-refractivity contribution >= 4 is 16.6 Å². The maximum Gasteiger partial charge on any atom is 0.265 e. The van der Waals surface area contributed by atoms with Gasteiger partial charge in [0.15, 0.2) is 0 Å². The van der Waals surface area contributed by atoms with Crippen LogP contribution in [0.15, 0.2) is 41.2 Å². The van der Waals surface area contributed by atoms with Gasteiger partial charge in [-0.25, -0.2) is 4.98 Å². The molecule has 1 aromatic heterocycles. The molecular formula is C22H25N3O. The normalized spacial score (nSPS) is 16.6. The Labute approximate surface area is 153 Å². The summed E-state index contributed by atoms with van der Waals surface area (Å²) >= 11 is 0. The van der Waals surface area contributed by atoms with E-state index in [0.29, 0.717) is 11.3 Å². The molecule has 0 aliphatic carbocycles. The molecule has 0 bridgehead atoms. The van der Waals surface area contributed by atoms with Gasteiger partial charge in [-0.3, -0.25) is 9.36 Å². The zero-order chi connectivity index (χ0) is 18.4. The molecule has 0 radical (unpaired) electrons. The average molecular weight is 347 g/mol. The fourth-order valence-electron chi connectivity index (χ4n) is 3.73. The topological polar surface area (TPSA) is 46.9 Å². The van der Waals surface area contributed by atoms with E-state index in [1.54, 1.807) is 4.57 Å². The van der Waals surface area contributed by atoms with Crippen molar-refractivity contribution in [3.8, 4) is 5.69 Å². The second-order valence-corrected chi connectivity index (χ2v) is 7.78. The lowest BCUT2D eigenvalue weighted by Gasteiger charge is -2.25. The number of fused-ring (bicyclic) bond motifs is 3. The molecule has 134 valence electrons. The Kier molecular flexibility index (Phi) is 4.06. The van der Waals surface area contributed by atoms with Gasteiger partial charge >= 0.3 is 0 Å². The van der Waals surface area contributed by atoms with E-state index in [1.165, 1.54) is 11.1 Å². The van der Waals surface area contributed by atoms with E-state index >= 15 is 0 Å². The molecular weight excluding hydrogens is 322 g/mol. The Bertz CT molecular complexity index is 1030. The molecule has 4 heteroatoms. The Morgan fingerprint density at radius 2 is 1.88 bits per heavy atom. The fourth-order valence-corrected chi connectivity index (χ4v) is 3.73. The van der Waals surface area contributed by atoms with Gasteiger partial charge in [-0.15, -0.1) is 0 Å². The summed E-state index contributed by atoms with van der Waals surface area (Å²) in [7, 11) is 0. The van der Waals surface area contributed by atoms with Crippen molar-refractivity contribution < 1.29 is 0 Å². The van der Waals surface area contributed by atoms with Crippen LogP contribution in [-0.4, -0.2) is 16.1 Å². The van der Waals surface area contributed by atoms with Crippen LogP contribution in [0.4, 0.5) is 5.69 Å². The predicted molar refractivity (Wildman–Crippen MR) is 108 cm³/mol. The molecule has 4 rings (SSSR count). The van der Waals surface area contributed by atoms with Crippen LogP contribution in [0.1, 0.15) is 43.6 Å². The van der Waals surface area contributed by atoms with Crippen LogP contribution in [0.2, 0.25) is 0 Å². The van der Waals surface area contributed by atoms with Crippen molar-refractivity contribution in [2.24, 2.45) is 5.92 Å². The largest absolute Gasteiger partial charge is 0.384 e. The first-order chi connectivity index (χ1) is 12.5. The first kappa shape index (κ1) is 16.8. The van der Waals surface area contributed by atoms with Gasteiger partial charge in [-0.2, -0.15) is 0 Å². The van der Waals surface area contributed by atoms with Gasteiger partial charge in [0.2, 0.25) is 0 Å². The Hall–Kier alpha value is -2.62. The highest BCUT2D eigenvalue weighted by Crippen LogP contribution is 2.31. The van der Waals surface area contributed by atoms with Crippen molar-refractivity contribution in [3.05, 3.63) is 63.7 Å². The zero-order valence-electron chi connectivity index (χ0n) is 15.8. The Balaban J connectivity index is 2.05. The van der Waals surface area contributed by atoms with E-state index in [2.05, 4.69) is 33.0 Å².